The van der Waals surface area contributed by atoms with E-state index in [1.807, 2.05) is 32.0 Å². The van der Waals surface area contributed by atoms with Crippen LogP contribution in [0.25, 0.3) is 0 Å². The van der Waals surface area contributed by atoms with Crippen molar-refractivity contribution >= 4 is 11.6 Å². The van der Waals surface area contributed by atoms with Gasteiger partial charge in [0.15, 0.2) is 0 Å². The minimum Gasteiger partial charge on any atom is -0.496 e. The summed E-state index contributed by atoms with van der Waals surface area (Å²) in [6, 6.07) is 10.3. The summed E-state index contributed by atoms with van der Waals surface area (Å²) in [7, 11) is 5.90. The van der Waals surface area contributed by atoms with Crippen molar-refractivity contribution in [3.63, 3.8) is 0 Å². The number of aryl methyl sites for hydroxylation is 3. The Hall–Kier alpha value is -1.71. The molecule has 0 N–H and O–H groups in total. The first-order chi connectivity index (χ1) is 11.9. The minimum absolute atomic E-state index is 0.477. The molecule has 0 aliphatic rings. The first-order valence-corrected chi connectivity index (χ1v) is 8.98. The number of methoxy groups -OCH3 is 1. The van der Waals surface area contributed by atoms with Gasteiger partial charge in [0.25, 0.3) is 0 Å². The molecule has 0 fully saturated rings. The van der Waals surface area contributed by atoms with Gasteiger partial charge in [0.1, 0.15) is 18.1 Å². The van der Waals surface area contributed by atoms with Crippen molar-refractivity contribution in [2.45, 2.75) is 33.3 Å². The number of hydrogen-bond acceptors (Lipinski definition) is 3. The zero-order chi connectivity index (χ0) is 18.4. The molecular weight excluding hydrogens is 334 g/mol. The zero-order valence-electron chi connectivity index (χ0n) is 15.9. The monoisotopic (exact) mass is 361 g/mol. The quantitative estimate of drug-likeness (QED) is 0.657. The second-order valence-corrected chi connectivity index (χ2v) is 7.09. The number of benzene rings is 2. The summed E-state index contributed by atoms with van der Waals surface area (Å²) >= 11 is 6.23. The number of rotatable bonds is 8. The highest BCUT2D eigenvalue weighted by Crippen LogP contribution is 2.28. The van der Waals surface area contributed by atoms with E-state index in [-0.39, 0.29) is 0 Å². The Labute approximate surface area is 156 Å². The molecular formula is C21H28ClNO2. The molecule has 0 aliphatic heterocycles. The molecule has 0 amide bonds. The zero-order valence-corrected chi connectivity index (χ0v) is 16.6. The highest BCUT2D eigenvalue weighted by molar-refractivity contribution is 6.32. The molecule has 3 nitrogen and oxygen atoms in total. The SMILES string of the molecule is COc1ccc(CCCN(C)C)cc1COc1cc(C)c(Cl)c(C)c1. The van der Waals surface area contributed by atoms with Crippen LogP contribution in [-0.2, 0) is 13.0 Å². The Bertz CT molecular complexity index is 690. The van der Waals surface area contributed by atoms with Crippen molar-refractivity contribution in [1.82, 2.24) is 4.90 Å². The topological polar surface area (TPSA) is 21.7 Å². The van der Waals surface area contributed by atoms with Crippen molar-refractivity contribution in [1.29, 1.82) is 0 Å². The largest absolute Gasteiger partial charge is 0.496 e. The van der Waals surface area contributed by atoms with Crippen LogP contribution < -0.4 is 9.47 Å². The van der Waals surface area contributed by atoms with E-state index < -0.39 is 0 Å². The third-order valence-electron chi connectivity index (χ3n) is 4.22. The molecule has 0 atom stereocenters. The molecule has 0 aliphatic carbocycles. The molecule has 0 bridgehead atoms. The van der Waals surface area contributed by atoms with Gasteiger partial charge in [-0.15, -0.1) is 0 Å². The van der Waals surface area contributed by atoms with Gasteiger partial charge in [0.05, 0.1) is 7.11 Å². The van der Waals surface area contributed by atoms with Gasteiger partial charge in [-0.3, -0.25) is 0 Å². The Morgan fingerprint density at radius 2 is 1.72 bits per heavy atom. The number of halogens is 1. The van der Waals surface area contributed by atoms with Gasteiger partial charge in [-0.05, 0) is 88.3 Å². The van der Waals surface area contributed by atoms with E-state index in [9.17, 15) is 0 Å². The van der Waals surface area contributed by atoms with Crippen LogP contribution in [0.2, 0.25) is 5.02 Å². The Morgan fingerprint density at radius 3 is 2.32 bits per heavy atom. The molecule has 4 heteroatoms. The predicted molar refractivity (Wildman–Crippen MR) is 105 cm³/mol. The summed E-state index contributed by atoms with van der Waals surface area (Å²) in [5.41, 5.74) is 4.43. The summed E-state index contributed by atoms with van der Waals surface area (Å²) in [6.07, 6.45) is 2.18. The fraction of sp³-hybridized carbons (Fsp3) is 0.429. The number of hydrogen-bond donors (Lipinski definition) is 0. The van der Waals surface area contributed by atoms with Gasteiger partial charge < -0.3 is 14.4 Å². The summed E-state index contributed by atoms with van der Waals surface area (Å²) in [4.78, 5) is 2.21. The maximum atomic E-state index is 6.23. The summed E-state index contributed by atoms with van der Waals surface area (Å²) < 4.78 is 11.5. The summed E-state index contributed by atoms with van der Waals surface area (Å²) in [5, 5.41) is 0.799. The number of nitrogens with zero attached hydrogens (tertiary/aromatic N) is 1. The van der Waals surface area contributed by atoms with Gasteiger partial charge >= 0.3 is 0 Å². The van der Waals surface area contributed by atoms with E-state index in [0.717, 1.165) is 52.6 Å². The van der Waals surface area contributed by atoms with Crippen LogP contribution in [-0.4, -0.2) is 32.6 Å². The number of ether oxygens (including phenoxy) is 2. The lowest BCUT2D eigenvalue weighted by atomic mass is 10.1. The highest BCUT2D eigenvalue weighted by atomic mass is 35.5. The normalized spacial score (nSPS) is 11.0. The smallest absolute Gasteiger partial charge is 0.125 e. The van der Waals surface area contributed by atoms with E-state index in [1.165, 1.54) is 5.56 Å². The lowest BCUT2D eigenvalue weighted by molar-refractivity contribution is 0.296. The van der Waals surface area contributed by atoms with E-state index >= 15 is 0 Å². The van der Waals surface area contributed by atoms with Crippen molar-refractivity contribution < 1.29 is 9.47 Å². The molecule has 0 saturated heterocycles. The lowest BCUT2D eigenvalue weighted by Crippen LogP contribution is -2.13. The first kappa shape index (κ1) is 19.6. The van der Waals surface area contributed by atoms with Gasteiger partial charge in [-0.2, -0.15) is 0 Å². The summed E-state index contributed by atoms with van der Waals surface area (Å²) in [5.74, 6) is 1.69. The molecule has 136 valence electrons. The molecule has 2 aromatic rings. The average Bonchev–Trinajstić information content (AvgIpc) is 2.57. The predicted octanol–water partition coefficient (Wildman–Crippen LogP) is 5.04. The van der Waals surface area contributed by atoms with Crippen LogP contribution in [0.1, 0.15) is 28.7 Å². The molecule has 0 radical (unpaired) electrons. The molecule has 25 heavy (non-hydrogen) atoms. The molecule has 2 rings (SSSR count). The fourth-order valence-electron chi connectivity index (χ4n) is 2.85. The molecule has 0 saturated carbocycles. The maximum absolute atomic E-state index is 6.23. The molecule has 2 aromatic carbocycles. The average molecular weight is 362 g/mol. The maximum Gasteiger partial charge on any atom is 0.125 e. The molecule has 0 heterocycles. The van der Waals surface area contributed by atoms with Gasteiger partial charge in [-0.25, -0.2) is 0 Å². The van der Waals surface area contributed by atoms with E-state index in [1.54, 1.807) is 7.11 Å². The Balaban J connectivity index is 2.09. The van der Waals surface area contributed by atoms with Crippen LogP contribution in [0.15, 0.2) is 30.3 Å². The molecule has 0 aromatic heterocycles. The van der Waals surface area contributed by atoms with E-state index in [0.29, 0.717) is 6.61 Å². The summed E-state index contributed by atoms with van der Waals surface area (Å²) in [6.45, 7) is 5.55. The third kappa shape index (κ3) is 5.65. The van der Waals surface area contributed by atoms with Crippen molar-refractivity contribution in [2.75, 3.05) is 27.7 Å². The Morgan fingerprint density at radius 1 is 1.04 bits per heavy atom. The fourth-order valence-corrected chi connectivity index (χ4v) is 2.96. The minimum atomic E-state index is 0.477. The molecule has 0 spiro atoms. The third-order valence-corrected chi connectivity index (χ3v) is 4.82. The first-order valence-electron chi connectivity index (χ1n) is 8.60. The molecule has 0 unspecified atom stereocenters. The van der Waals surface area contributed by atoms with Gasteiger partial charge in [-0.1, -0.05) is 17.7 Å². The Kier molecular flexibility index (Phi) is 7.15. The van der Waals surface area contributed by atoms with Gasteiger partial charge in [0.2, 0.25) is 0 Å². The van der Waals surface area contributed by atoms with E-state index in [4.69, 9.17) is 21.1 Å². The van der Waals surface area contributed by atoms with Crippen LogP contribution in [0.4, 0.5) is 0 Å². The lowest BCUT2D eigenvalue weighted by Gasteiger charge is -2.14. The van der Waals surface area contributed by atoms with Crippen LogP contribution in [0.5, 0.6) is 11.5 Å². The van der Waals surface area contributed by atoms with Crippen molar-refractivity contribution in [3.05, 3.63) is 57.6 Å². The van der Waals surface area contributed by atoms with Crippen molar-refractivity contribution in [2.24, 2.45) is 0 Å². The van der Waals surface area contributed by atoms with E-state index in [2.05, 4.69) is 31.1 Å². The second kappa shape index (κ2) is 9.12. The second-order valence-electron chi connectivity index (χ2n) is 6.71. The van der Waals surface area contributed by atoms with Crippen LogP contribution in [0, 0.1) is 13.8 Å². The van der Waals surface area contributed by atoms with Crippen LogP contribution in [0.3, 0.4) is 0 Å². The highest BCUT2D eigenvalue weighted by Gasteiger charge is 2.08. The van der Waals surface area contributed by atoms with Crippen molar-refractivity contribution in [3.8, 4) is 11.5 Å². The standard InChI is InChI=1S/C21H28ClNO2/c1-15-11-19(12-16(2)21(15)22)25-14-18-13-17(7-6-10-23(3)4)8-9-20(18)24-5/h8-9,11-13H,6-7,10,14H2,1-5H3. The van der Waals surface area contributed by atoms with Gasteiger partial charge in [0, 0.05) is 10.6 Å². The van der Waals surface area contributed by atoms with Crippen LogP contribution >= 0.6 is 11.6 Å².